The highest BCUT2D eigenvalue weighted by molar-refractivity contribution is 5.62. The number of nitrogens with zero attached hydrogens (tertiary/aromatic N) is 2. The van der Waals surface area contributed by atoms with E-state index in [1.165, 1.54) is 12.1 Å². The predicted octanol–water partition coefficient (Wildman–Crippen LogP) is 2.63. The van der Waals surface area contributed by atoms with E-state index in [1.54, 1.807) is 19.2 Å². The highest BCUT2D eigenvalue weighted by atomic mass is 19.1. The maximum absolute atomic E-state index is 13.1. The summed E-state index contributed by atoms with van der Waals surface area (Å²) in [5, 5.41) is 2.95. The summed E-state index contributed by atoms with van der Waals surface area (Å²) in [6, 6.07) is 8.16. The van der Waals surface area contributed by atoms with Gasteiger partial charge in [0.25, 0.3) is 0 Å². The first-order chi connectivity index (χ1) is 7.69. The third-order valence-corrected chi connectivity index (χ3v) is 2.21. The van der Waals surface area contributed by atoms with Crippen LogP contribution in [-0.4, -0.2) is 17.0 Å². The summed E-state index contributed by atoms with van der Waals surface area (Å²) >= 11 is 0. The second-order valence-corrected chi connectivity index (χ2v) is 3.45. The smallest absolute Gasteiger partial charge is 0.130 e. The van der Waals surface area contributed by atoms with Crippen LogP contribution in [0.25, 0.3) is 11.3 Å². The lowest BCUT2D eigenvalue weighted by Gasteiger charge is -2.05. The number of aromatic nitrogens is 2. The molecule has 1 aromatic heterocycles. The van der Waals surface area contributed by atoms with Crippen LogP contribution in [-0.2, 0) is 0 Å². The Morgan fingerprint density at radius 3 is 2.69 bits per heavy atom. The van der Waals surface area contributed by atoms with E-state index in [9.17, 15) is 4.39 Å². The highest BCUT2D eigenvalue weighted by Gasteiger charge is 2.04. The molecule has 0 saturated heterocycles. The van der Waals surface area contributed by atoms with Crippen molar-refractivity contribution in [2.24, 2.45) is 0 Å². The summed E-state index contributed by atoms with van der Waals surface area (Å²) in [6.45, 7) is 1.81. The number of rotatable bonds is 2. The quantitative estimate of drug-likeness (QED) is 0.840. The van der Waals surface area contributed by atoms with E-state index in [0.29, 0.717) is 5.82 Å². The fraction of sp³-hybridized carbons (Fsp3) is 0.167. The first-order valence-electron chi connectivity index (χ1n) is 4.98. The van der Waals surface area contributed by atoms with Gasteiger partial charge in [0, 0.05) is 18.7 Å². The fourth-order valence-electron chi connectivity index (χ4n) is 1.49. The summed E-state index contributed by atoms with van der Waals surface area (Å²) in [5.41, 5.74) is 1.47. The van der Waals surface area contributed by atoms with Gasteiger partial charge in [0.2, 0.25) is 0 Å². The number of anilines is 1. The molecule has 1 N–H and O–H groups in total. The Labute approximate surface area is 93.4 Å². The molecule has 16 heavy (non-hydrogen) atoms. The Kier molecular flexibility index (Phi) is 2.81. The molecule has 0 unspecified atom stereocenters. The normalized spacial score (nSPS) is 10.2. The lowest BCUT2D eigenvalue weighted by atomic mass is 10.1. The zero-order valence-electron chi connectivity index (χ0n) is 9.16. The van der Waals surface area contributed by atoms with Crippen LogP contribution in [0.15, 0.2) is 30.3 Å². The third-order valence-electron chi connectivity index (χ3n) is 2.21. The van der Waals surface area contributed by atoms with Gasteiger partial charge in [-0.2, -0.15) is 0 Å². The number of hydrogen-bond acceptors (Lipinski definition) is 3. The van der Waals surface area contributed by atoms with E-state index in [4.69, 9.17) is 0 Å². The molecule has 0 amide bonds. The summed E-state index contributed by atoms with van der Waals surface area (Å²) in [7, 11) is 1.79. The van der Waals surface area contributed by atoms with Crippen LogP contribution < -0.4 is 5.32 Å². The Hall–Kier alpha value is -1.97. The largest absolute Gasteiger partial charge is 0.373 e. The average Bonchev–Trinajstić information content (AvgIpc) is 2.28. The third kappa shape index (κ3) is 2.16. The van der Waals surface area contributed by atoms with Crippen molar-refractivity contribution in [2.45, 2.75) is 6.92 Å². The highest BCUT2D eigenvalue weighted by Crippen LogP contribution is 2.20. The summed E-state index contributed by atoms with van der Waals surface area (Å²) < 4.78 is 13.1. The molecule has 2 rings (SSSR count). The Morgan fingerprint density at radius 1 is 1.19 bits per heavy atom. The maximum Gasteiger partial charge on any atom is 0.130 e. The number of aryl methyl sites for hydroxylation is 1. The fourth-order valence-corrected chi connectivity index (χ4v) is 1.49. The molecule has 82 valence electrons. The van der Waals surface area contributed by atoms with Crippen molar-refractivity contribution in [3.05, 3.63) is 42.0 Å². The zero-order valence-corrected chi connectivity index (χ0v) is 9.16. The van der Waals surface area contributed by atoms with Crippen molar-refractivity contribution in [1.29, 1.82) is 0 Å². The van der Waals surface area contributed by atoms with Crippen molar-refractivity contribution >= 4 is 5.82 Å². The second kappa shape index (κ2) is 4.26. The van der Waals surface area contributed by atoms with E-state index < -0.39 is 0 Å². The topological polar surface area (TPSA) is 37.8 Å². The van der Waals surface area contributed by atoms with Gasteiger partial charge in [-0.3, -0.25) is 0 Å². The van der Waals surface area contributed by atoms with Gasteiger partial charge in [0.1, 0.15) is 17.5 Å². The molecular formula is C12H12FN3. The average molecular weight is 217 g/mol. The van der Waals surface area contributed by atoms with Gasteiger partial charge in [0.05, 0.1) is 5.69 Å². The van der Waals surface area contributed by atoms with Crippen molar-refractivity contribution in [3.63, 3.8) is 0 Å². The Balaban J connectivity index is 2.51. The molecule has 0 aliphatic heterocycles. The number of nitrogens with one attached hydrogen (secondary N) is 1. The predicted molar refractivity (Wildman–Crippen MR) is 61.7 cm³/mol. The molecule has 0 bridgehead atoms. The second-order valence-electron chi connectivity index (χ2n) is 3.45. The van der Waals surface area contributed by atoms with E-state index in [2.05, 4.69) is 15.3 Å². The van der Waals surface area contributed by atoms with Gasteiger partial charge in [-0.1, -0.05) is 12.1 Å². The molecule has 2 aromatic rings. The van der Waals surface area contributed by atoms with Crippen LogP contribution in [0.2, 0.25) is 0 Å². The van der Waals surface area contributed by atoms with Gasteiger partial charge in [0.15, 0.2) is 0 Å². The lowest BCUT2D eigenvalue weighted by molar-refractivity contribution is 0.628. The molecule has 1 aromatic carbocycles. The molecule has 1 heterocycles. The molecule has 0 spiro atoms. The van der Waals surface area contributed by atoms with E-state index in [1.807, 2.05) is 13.0 Å². The molecule has 0 radical (unpaired) electrons. The molecule has 0 atom stereocenters. The van der Waals surface area contributed by atoms with Crippen molar-refractivity contribution in [3.8, 4) is 11.3 Å². The minimum atomic E-state index is -0.264. The Morgan fingerprint density at radius 2 is 2.00 bits per heavy atom. The standard InChI is InChI=1S/C12H12FN3/c1-8-15-11(7-12(14-2)16-8)9-4-3-5-10(13)6-9/h3-7H,1-2H3,(H,14,15,16). The molecule has 0 saturated carbocycles. The van der Waals surface area contributed by atoms with Gasteiger partial charge in [-0.15, -0.1) is 0 Å². The van der Waals surface area contributed by atoms with Gasteiger partial charge >= 0.3 is 0 Å². The summed E-state index contributed by atoms with van der Waals surface area (Å²) in [5.74, 6) is 1.12. The maximum atomic E-state index is 13.1. The van der Waals surface area contributed by atoms with Gasteiger partial charge in [-0.25, -0.2) is 14.4 Å². The number of halogens is 1. The Bertz CT molecular complexity index is 511. The number of hydrogen-bond donors (Lipinski definition) is 1. The minimum Gasteiger partial charge on any atom is -0.373 e. The number of benzene rings is 1. The SMILES string of the molecule is CNc1cc(-c2cccc(F)c2)nc(C)n1. The monoisotopic (exact) mass is 217 g/mol. The molecule has 0 fully saturated rings. The summed E-state index contributed by atoms with van der Waals surface area (Å²) in [6.07, 6.45) is 0. The minimum absolute atomic E-state index is 0.264. The molecule has 0 aliphatic rings. The van der Waals surface area contributed by atoms with Crippen LogP contribution in [0.3, 0.4) is 0 Å². The van der Waals surface area contributed by atoms with E-state index in [0.717, 1.165) is 17.1 Å². The van der Waals surface area contributed by atoms with E-state index in [-0.39, 0.29) is 5.82 Å². The van der Waals surface area contributed by atoms with Crippen LogP contribution in [0.4, 0.5) is 10.2 Å². The van der Waals surface area contributed by atoms with Gasteiger partial charge in [-0.05, 0) is 19.1 Å². The van der Waals surface area contributed by atoms with Crippen molar-refractivity contribution in [1.82, 2.24) is 9.97 Å². The lowest BCUT2D eigenvalue weighted by Crippen LogP contribution is -1.98. The summed E-state index contributed by atoms with van der Waals surface area (Å²) in [4.78, 5) is 8.46. The van der Waals surface area contributed by atoms with Gasteiger partial charge < -0.3 is 5.32 Å². The van der Waals surface area contributed by atoms with Crippen LogP contribution >= 0.6 is 0 Å². The van der Waals surface area contributed by atoms with E-state index >= 15 is 0 Å². The zero-order chi connectivity index (χ0) is 11.5. The molecular weight excluding hydrogens is 205 g/mol. The molecule has 0 aliphatic carbocycles. The first-order valence-corrected chi connectivity index (χ1v) is 4.98. The van der Waals surface area contributed by atoms with Crippen LogP contribution in [0.5, 0.6) is 0 Å². The van der Waals surface area contributed by atoms with Crippen LogP contribution in [0.1, 0.15) is 5.82 Å². The molecule has 3 nitrogen and oxygen atoms in total. The van der Waals surface area contributed by atoms with Crippen molar-refractivity contribution < 1.29 is 4.39 Å². The van der Waals surface area contributed by atoms with Crippen LogP contribution in [0, 0.1) is 12.7 Å². The molecule has 4 heteroatoms. The van der Waals surface area contributed by atoms with Crippen molar-refractivity contribution in [2.75, 3.05) is 12.4 Å². The first kappa shape index (κ1) is 10.5.